The van der Waals surface area contributed by atoms with E-state index < -0.39 is 6.04 Å². The third kappa shape index (κ3) is 5.24. The van der Waals surface area contributed by atoms with Gasteiger partial charge in [-0.2, -0.15) is 5.10 Å². The lowest BCUT2D eigenvalue weighted by Gasteiger charge is -2.13. The average molecular weight is 341 g/mol. The van der Waals surface area contributed by atoms with E-state index in [2.05, 4.69) is 15.8 Å². The molecule has 25 heavy (non-hydrogen) atoms. The third-order valence-electron chi connectivity index (χ3n) is 3.62. The number of hydrogen-bond acceptors (Lipinski definition) is 5. The maximum atomic E-state index is 12.1. The third-order valence-corrected chi connectivity index (χ3v) is 3.62. The molecule has 132 valence electrons. The van der Waals surface area contributed by atoms with Gasteiger partial charge in [0.1, 0.15) is 6.04 Å². The van der Waals surface area contributed by atoms with E-state index in [0.29, 0.717) is 11.5 Å². The molecule has 0 unspecified atom stereocenters. The summed E-state index contributed by atoms with van der Waals surface area (Å²) in [6, 6.07) is 12.8. The Kier molecular flexibility index (Phi) is 6.39. The summed E-state index contributed by atoms with van der Waals surface area (Å²) in [7, 11) is 3.15. The number of rotatable bonds is 7. The Hall–Kier alpha value is -3.02. The summed E-state index contributed by atoms with van der Waals surface area (Å²) in [6.45, 7) is 3.80. The van der Waals surface area contributed by atoms with Crippen LogP contribution in [0.25, 0.3) is 0 Å². The Morgan fingerprint density at radius 3 is 2.40 bits per heavy atom. The zero-order valence-corrected chi connectivity index (χ0v) is 14.9. The molecule has 1 atom stereocenters. The first kappa shape index (κ1) is 18.3. The van der Waals surface area contributed by atoms with Crippen LogP contribution in [0.5, 0.6) is 11.5 Å². The fourth-order valence-electron chi connectivity index (χ4n) is 2.17. The predicted molar refractivity (Wildman–Crippen MR) is 99.5 cm³/mol. The molecule has 0 spiro atoms. The van der Waals surface area contributed by atoms with E-state index in [4.69, 9.17) is 9.47 Å². The van der Waals surface area contributed by atoms with E-state index in [1.807, 2.05) is 37.3 Å². The van der Waals surface area contributed by atoms with Crippen molar-refractivity contribution >= 4 is 17.8 Å². The van der Waals surface area contributed by atoms with Gasteiger partial charge in [-0.15, -0.1) is 0 Å². The molecule has 6 heteroatoms. The van der Waals surface area contributed by atoms with Crippen LogP contribution >= 0.6 is 0 Å². The fourth-order valence-corrected chi connectivity index (χ4v) is 2.17. The number of amides is 1. The van der Waals surface area contributed by atoms with Crippen molar-refractivity contribution < 1.29 is 14.3 Å². The molecule has 0 fully saturated rings. The van der Waals surface area contributed by atoms with Crippen molar-refractivity contribution in [2.24, 2.45) is 5.10 Å². The van der Waals surface area contributed by atoms with Gasteiger partial charge in [0.15, 0.2) is 11.5 Å². The SMILES string of the molecule is COc1ccc(/C=N\NC(=O)[C@H](C)Nc2ccc(C)cc2)cc1OC. The van der Waals surface area contributed by atoms with E-state index >= 15 is 0 Å². The molecular formula is C19H23N3O3. The summed E-state index contributed by atoms with van der Waals surface area (Å²) in [4.78, 5) is 12.1. The van der Waals surface area contributed by atoms with Crippen molar-refractivity contribution in [1.29, 1.82) is 0 Å². The number of nitrogens with zero attached hydrogens (tertiary/aromatic N) is 1. The lowest BCUT2D eigenvalue weighted by Crippen LogP contribution is -2.34. The van der Waals surface area contributed by atoms with Gasteiger partial charge in [-0.3, -0.25) is 4.79 Å². The summed E-state index contributed by atoms with van der Waals surface area (Å²) >= 11 is 0. The van der Waals surface area contributed by atoms with Crippen LogP contribution in [0, 0.1) is 6.92 Å². The highest BCUT2D eigenvalue weighted by Gasteiger charge is 2.11. The second kappa shape index (κ2) is 8.73. The largest absolute Gasteiger partial charge is 0.493 e. The number of carbonyl (C=O) groups excluding carboxylic acids is 1. The molecule has 2 aromatic carbocycles. The molecule has 0 aliphatic carbocycles. The molecule has 1 amide bonds. The first-order valence-corrected chi connectivity index (χ1v) is 7.91. The van der Waals surface area contributed by atoms with Crippen LogP contribution in [0.2, 0.25) is 0 Å². The molecule has 0 aliphatic rings. The van der Waals surface area contributed by atoms with Crippen LogP contribution in [0.1, 0.15) is 18.1 Å². The first-order valence-electron chi connectivity index (χ1n) is 7.91. The highest BCUT2D eigenvalue weighted by atomic mass is 16.5. The van der Waals surface area contributed by atoms with Crippen molar-refractivity contribution in [3.63, 3.8) is 0 Å². The van der Waals surface area contributed by atoms with Gasteiger partial charge in [-0.25, -0.2) is 5.43 Å². The van der Waals surface area contributed by atoms with Gasteiger partial charge in [-0.05, 0) is 49.7 Å². The van der Waals surface area contributed by atoms with E-state index in [1.54, 1.807) is 39.5 Å². The molecule has 0 heterocycles. The highest BCUT2D eigenvalue weighted by molar-refractivity contribution is 5.86. The summed E-state index contributed by atoms with van der Waals surface area (Å²) in [5.74, 6) is 1.02. The Balaban J connectivity index is 1.92. The lowest BCUT2D eigenvalue weighted by atomic mass is 10.2. The average Bonchev–Trinajstić information content (AvgIpc) is 2.63. The second-order valence-corrected chi connectivity index (χ2v) is 5.58. The number of hydrazone groups is 1. The van der Waals surface area contributed by atoms with Crippen molar-refractivity contribution in [2.75, 3.05) is 19.5 Å². The zero-order chi connectivity index (χ0) is 18.2. The summed E-state index contributed by atoms with van der Waals surface area (Å²) in [6.07, 6.45) is 1.55. The molecule has 6 nitrogen and oxygen atoms in total. The van der Waals surface area contributed by atoms with Crippen molar-refractivity contribution in [2.45, 2.75) is 19.9 Å². The van der Waals surface area contributed by atoms with E-state index in [9.17, 15) is 4.79 Å². The molecular weight excluding hydrogens is 318 g/mol. The minimum Gasteiger partial charge on any atom is -0.493 e. The number of hydrogen-bond donors (Lipinski definition) is 2. The van der Waals surface area contributed by atoms with Crippen molar-refractivity contribution in [3.8, 4) is 11.5 Å². The predicted octanol–water partition coefficient (Wildman–Crippen LogP) is 2.96. The van der Waals surface area contributed by atoms with Crippen LogP contribution in [0.3, 0.4) is 0 Å². The molecule has 0 aromatic heterocycles. The monoisotopic (exact) mass is 341 g/mol. The van der Waals surface area contributed by atoms with Crippen molar-refractivity contribution in [1.82, 2.24) is 5.43 Å². The topological polar surface area (TPSA) is 72.0 Å². The van der Waals surface area contributed by atoms with Crippen LogP contribution < -0.4 is 20.2 Å². The molecule has 0 saturated heterocycles. The van der Waals surface area contributed by atoms with Crippen LogP contribution in [0.4, 0.5) is 5.69 Å². The summed E-state index contributed by atoms with van der Waals surface area (Å²) in [5.41, 5.74) is 5.37. The van der Waals surface area contributed by atoms with Gasteiger partial charge in [0, 0.05) is 5.69 Å². The minimum atomic E-state index is -0.412. The molecule has 0 aliphatic heterocycles. The Labute approximate surface area is 147 Å². The summed E-state index contributed by atoms with van der Waals surface area (Å²) < 4.78 is 10.4. The molecule has 0 bridgehead atoms. The minimum absolute atomic E-state index is 0.225. The molecule has 2 rings (SSSR count). The standard InChI is InChI=1S/C19H23N3O3/c1-13-5-8-16(9-6-13)21-14(2)19(23)22-20-12-15-7-10-17(24-3)18(11-15)25-4/h5-12,14,21H,1-4H3,(H,22,23)/b20-12-/t14-/m0/s1. The maximum Gasteiger partial charge on any atom is 0.262 e. The van der Waals surface area contributed by atoms with E-state index in [1.165, 1.54) is 5.56 Å². The van der Waals surface area contributed by atoms with Gasteiger partial charge in [-0.1, -0.05) is 17.7 Å². The van der Waals surface area contributed by atoms with Crippen LogP contribution in [0.15, 0.2) is 47.6 Å². The van der Waals surface area contributed by atoms with Crippen molar-refractivity contribution in [3.05, 3.63) is 53.6 Å². The smallest absolute Gasteiger partial charge is 0.262 e. The number of anilines is 1. The van der Waals surface area contributed by atoms with Gasteiger partial charge in [0.25, 0.3) is 5.91 Å². The number of carbonyl (C=O) groups is 1. The highest BCUT2D eigenvalue weighted by Crippen LogP contribution is 2.26. The molecule has 0 radical (unpaired) electrons. The Bertz CT molecular complexity index is 742. The van der Waals surface area contributed by atoms with Gasteiger partial charge >= 0.3 is 0 Å². The number of benzene rings is 2. The molecule has 2 N–H and O–H groups in total. The summed E-state index contributed by atoms with van der Waals surface area (Å²) in [5, 5.41) is 7.12. The Morgan fingerprint density at radius 1 is 1.08 bits per heavy atom. The zero-order valence-electron chi connectivity index (χ0n) is 14.9. The van der Waals surface area contributed by atoms with Gasteiger partial charge < -0.3 is 14.8 Å². The normalized spacial score (nSPS) is 11.8. The lowest BCUT2D eigenvalue weighted by molar-refractivity contribution is -0.121. The molecule has 2 aromatic rings. The van der Waals surface area contributed by atoms with E-state index in [-0.39, 0.29) is 5.91 Å². The fraction of sp³-hybridized carbons (Fsp3) is 0.263. The van der Waals surface area contributed by atoms with E-state index in [0.717, 1.165) is 11.3 Å². The van der Waals surface area contributed by atoms with Gasteiger partial charge in [0.2, 0.25) is 0 Å². The van der Waals surface area contributed by atoms with Crippen LogP contribution in [-0.4, -0.2) is 32.4 Å². The van der Waals surface area contributed by atoms with Crippen LogP contribution in [-0.2, 0) is 4.79 Å². The quantitative estimate of drug-likeness (QED) is 0.600. The molecule has 0 saturated carbocycles. The second-order valence-electron chi connectivity index (χ2n) is 5.58. The number of ether oxygens (including phenoxy) is 2. The Morgan fingerprint density at radius 2 is 1.76 bits per heavy atom. The number of aryl methyl sites for hydroxylation is 1. The number of nitrogens with one attached hydrogen (secondary N) is 2. The number of methoxy groups -OCH3 is 2. The van der Waals surface area contributed by atoms with Gasteiger partial charge in [0.05, 0.1) is 20.4 Å². The maximum absolute atomic E-state index is 12.1. The first-order chi connectivity index (χ1) is 12.0.